The molecule has 0 bridgehead atoms. The Labute approximate surface area is 201 Å². The van der Waals surface area contributed by atoms with Gasteiger partial charge in [0.2, 0.25) is 5.91 Å². The number of alkyl halides is 2. The largest absolute Gasteiger partial charge is 0.481 e. The summed E-state index contributed by atoms with van der Waals surface area (Å²) in [6.07, 6.45) is -0.0264. The van der Waals surface area contributed by atoms with E-state index in [4.69, 9.17) is 9.84 Å². The fourth-order valence-corrected chi connectivity index (χ4v) is 4.68. The van der Waals surface area contributed by atoms with E-state index in [0.29, 0.717) is 13.0 Å². The molecule has 35 heavy (non-hydrogen) atoms. The van der Waals surface area contributed by atoms with E-state index in [1.165, 1.54) is 0 Å². The van der Waals surface area contributed by atoms with E-state index in [9.17, 15) is 23.2 Å². The van der Waals surface area contributed by atoms with Gasteiger partial charge in [-0.2, -0.15) is 0 Å². The molecule has 2 aliphatic rings. The van der Waals surface area contributed by atoms with E-state index >= 15 is 0 Å². The van der Waals surface area contributed by atoms with Crippen LogP contribution in [0.2, 0.25) is 0 Å². The minimum Gasteiger partial charge on any atom is -0.481 e. The summed E-state index contributed by atoms with van der Waals surface area (Å²) >= 11 is 0. The van der Waals surface area contributed by atoms with Gasteiger partial charge in [0, 0.05) is 25.4 Å². The Balaban J connectivity index is 1.16. The van der Waals surface area contributed by atoms with Crippen LogP contribution >= 0.6 is 0 Å². The molecule has 3 atom stereocenters. The van der Waals surface area contributed by atoms with Gasteiger partial charge in [-0.1, -0.05) is 55.5 Å². The third kappa shape index (κ3) is 5.28. The van der Waals surface area contributed by atoms with Crippen molar-refractivity contribution in [3.8, 4) is 11.1 Å². The number of amides is 2. The fraction of sp³-hybridized carbons (Fsp3) is 0.423. The van der Waals surface area contributed by atoms with Crippen molar-refractivity contribution in [1.82, 2.24) is 10.6 Å². The summed E-state index contributed by atoms with van der Waals surface area (Å²) in [6, 6.07) is 16.1. The van der Waals surface area contributed by atoms with Crippen LogP contribution in [-0.4, -0.2) is 48.7 Å². The Morgan fingerprint density at radius 2 is 1.63 bits per heavy atom. The van der Waals surface area contributed by atoms with Gasteiger partial charge in [0.15, 0.2) is 0 Å². The van der Waals surface area contributed by atoms with Gasteiger partial charge in [-0.25, -0.2) is 13.6 Å². The Kier molecular flexibility index (Phi) is 7.05. The van der Waals surface area contributed by atoms with Gasteiger partial charge < -0.3 is 20.5 Å². The van der Waals surface area contributed by atoms with Crippen molar-refractivity contribution < 1.29 is 33.0 Å². The minimum atomic E-state index is -3.28. The summed E-state index contributed by atoms with van der Waals surface area (Å²) in [5, 5.41) is 13.8. The van der Waals surface area contributed by atoms with Crippen LogP contribution in [-0.2, 0) is 14.3 Å². The van der Waals surface area contributed by atoms with Gasteiger partial charge in [-0.3, -0.25) is 9.59 Å². The molecule has 0 radical (unpaired) electrons. The van der Waals surface area contributed by atoms with Crippen LogP contribution in [0.5, 0.6) is 0 Å². The summed E-state index contributed by atoms with van der Waals surface area (Å²) in [5.74, 6) is -8.43. The first-order valence-electron chi connectivity index (χ1n) is 11.7. The lowest BCUT2D eigenvalue weighted by Crippen LogP contribution is -2.31. The van der Waals surface area contributed by atoms with E-state index in [1.807, 2.05) is 43.3 Å². The Morgan fingerprint density at radius 3 is 2.20 bits per heavy atom. The number of nitrogens with one attached hydrogen (secondary N) is 2. The maximum Gasteiger partial charge on any atom is 0.407 e. The lowest BCUT2D eigenvalue weighted by atomic mass is 9.98. The first-order valence-corrected chi connectivity index (χ1v) is 11.7. The van der Waals surface area contributed by atoms with Gasteiger partial charge in [0.05, 0.1) is 5.92 Å². The molecule has 0 saturated heterocycles. The number of hydrogen-bond donors (Lipinski definition) is 3. The number of halogens is 2. The molecule has 3 N–H and O–H groups in total. The molecule has 0 heterocycles. The number of carbonyl (C=O) groups is 3. The predicted molar refractivity (Wildman–Crippen MR) is 124 cm³/mol. The predicted octanol–water partition coefficient (Wildman–Crippen LogP) is 4.02. The van der Waals surface area contributed by atoms with Crippen LogP contribution in [0.1, 0.15) is 36.8 Å². The maximum absolute atomic E-state index is 13.4. The molecule has 9 heteroatoms. The van der Waals surface area contributed by atoms with Crippen molar-refractivity contribution >= 4 is 18.0 Å². The van der Waals surface area contributed by atoms with Crippen LogP contribution in [0.25, 0.3) is 11.1 Å². The summed E-state index contributed by atoms with van der Waals surface area (Å²) < 4.78 is 32.2. The number of alkyl carbamates (subject to hydrolysis) is 1. The number of ether oxygens (including phenoxy) is 1. The Hall–Kier alpha value is -3.49. The first kappa shape index (κ1) is 24.6. The van der Waals surface area contributed by atoms with E-state index < -0.39 is 35.7 Å². The molecule has 2 aromatic carbocycles. The molecule has 1 saturated carbocycles. The Morgan fingerprint density at radius 1 is 1.03 bits per heavy atom. The lowest BCUT2D eigenvalue weighted by Gasteiger charge is -2.16. The number of fused-ring (bicyclic) bond motifs is 3. The number of hydrogen-bond acceptors (Lipinski definition) is 4. The summed E-state index contributed by atoms with van der Waals surface area (Å²) in [4.78, 5) is 35.0. The maximum atomic E-state index is 13.4. The third-order valence-corrected chi connectivity index (χ3v) is 6.79. The highest BCUT2D eigenvalue weighted by Crippen LogP contribution is 2.54. The smallest absolute Gasteiger partial charge is 0.407 e. The van der Waals surface area contributed by atoms with Crippen molar-refractivity contribution in [2.75, 3.05) is 19.7 Å². The lowest BCUT2D eigenvalue weighted by molar-refractivity contribution is -0.141. The molecular weight excluding hydrogens is 458 g/mol. The standard InChI is InChI=1S/C26H28F2N2O5/c1-15(10-11-22(31)29-13-21-23(24(32)33)26(21,27)28)12-30-25(34)35-14-20-18-8-4-2-6-16(18)17-7-3-5-9-19(17)20/h2-9,15,20-21,23H,10-14H2,1H3,(H,29,31)(H,30,34)(H,32,33)/t15?,21-,23-/m1/s1. The molecule has 0 spiro atoms. The SMILES string of the molecule is CC(CCC(=O)NC[C@@H]1[C@H](C(=O)O)C1(F)F)CNC(=O)OCC1c2ccccc2-c2ccccc21. The number of carboxylic acid groups (broad SMARTS) is 1. The van der Waals surface area contributed by atoms with Crippen molar-refractivity contribution in [1.29, 1.82) is 0 Å². The molecule has 0 aliphatic heterocycles. The van der Waals surface area contributed by atoms with Gasteiger partial charge in [-0.15, -0.1) is 0 Å². The average molecular weight is 487 g/mol. The second-order valence-corrected chi connectivity index (χ2v) is 9.25. The highest BCUT2D eigenvalue weighted by molar-refractivity contribution is 5.79. The molecule has 1 unspecified atom stereocenters. The van der Waals surface area contributed by atoms with Crippen LogP contribution in [0.4, 0.5) is 13.6 Å². The summed E-state index contributed by atoms with van der Waals surface area (Å²) in [7, 11) is 0. The molecule has 2 aromatic rings. The van der Waals surface area contributed by atoms with Crippen molar-refractivity contribution in [3.05, 3.63) is 59.7 Å². The van der Waals surface area contributed by atoms with E-state index in [2.05, 4.69) is 22.8 Å². The van der Waals surface area contributed by atoms with Crippen LogP contribution < -0.4 is 10.6 Å². The Bertz CT molecular complexity index is 1080. The third-order valence-electron chi connectivity index (χ3n) is 6.79. The number of rotatable bonds is 10. The van der Waals surface area contributed by atoms with E-state index in [-0.39, 0.29) is 31.4 Å². The van der Waals surface area contributed by atoms with Crippen LogP contribution in [0.15, 0.2) is 48.5 Å². The number of carboxylic acids is 1. The molecule has 186 valence electrons. The van der Waals surface area contributed by atoms with Crippen LogP contribution in [0.3, 0.4) is 0 Å². The molecule has 2 amide bonds. The number of benzene rings is 2. The topological polar surface area (TPSA) is 105 Å². The van der Waals surface area contributed by atoms with Crippen molar-refractivity contribution in [3.63, 3.8) is 0 Å². The molecule has 7 nitrogen and oxygen atoms in total. The minimum absolute atomic E-state index is 0.0335. The molecule has 2 aliphatic carbocycles. The van der Waals surface area contributed by atoms with Gasteiger partial charge >= 0.3 is 12.1 Å². The van der Waals surface area contributed by atoms with Crippen LogP contribution in [0, 0.1) is 17.8 Å². The van der Waals surface area contributed by atoms with E-state index in [0.717, 1.165) is 22.3 Å². The molecule has 4 rings (SSSR count). The number of aliphatic carboxylic acids is 1. The highest BCUT2D eigenvalue weighted by Gasteiger charge is 2.72. The zero-order valence-electron chi connectivity index (χ0n) is 19.3. The van der Waals surface area contributed by atoms with Crippen molar-refractivity contribution in [2.24, 2.45) is 17.8 Å². The zero-order valence-corrected chi connectivity index (χ0v) is 19.3. The second kappa shape index (κ2) is 10.0. The molecular formula is C26H28F2N2O5. The van der Waals surface area contributed by atoms with E-state index in [1.54, 1.807) is 0 Å². The average Bonchev–Trinajstić information content (AvgIpc) is 3.25. The zero-order chi connectivity index (χ0) is 25.2. The molecule has 1 fully saturated rings. The highest BCUT2D eigenvalue weighted by atomic mass is 19.3. The monoisotopic (exact) mass is 486 g/mol. The molecule has 0 aromatic heterocycles. The summed E-state index contributed by atoms with van der Waals surface area (Å²) in [5.41, 5.74) is 4.54. The first-order chi connectivity index (χ1) is 16.7. The summed E-state index contributed by atoms with van der Waals surface area (Å²) in [6.45, 7) is 1.99. The fourth-order valence-electron chi connectivity index (χ4n) is 4.68. The van der Waals surface area contributed by atoms with Gasteiger partial charge in [-0.05, 0) is 34.6 Å². The van der Waals surface area contributed by atoms with Gasteiger partial charge in [0.1, 0.15) is 12.5 Å². The van der Waals surface area contributed by atoms with Crippen molar-refractivity contribution in [2.45, 2.75) is 31.6 Å². The quantitative estimate of drug-likeness (QED) is 0.471. The number of carbonyl (C=O) groups excluding carboxylic acids is 2. The normalized spacial score (nSPS) is 20.3. The van der Waals surface area contributed by atoms with Gasteiger partial charge in [0.25, 0.3) is 5.92 Å². The second-order valence-electron chi connectivity index (χ2n) is 9.25.